The van der Waals surface area contributed by atoms with Crippen LogP contribution in [0.25, 0.3) is 4.96 Å². The third-order valence-corrected chi connectivity index (χ3v) is 4.01. The minimum Gasteiger partial charge on any atom is -0.378 e. The van der Waals surface area contributed by atoms with Crippen LogP contribution in [0.5, 0.6) is 0 Å². The van der Waals surface area contributed by atoms with Crippen LogP contribution in [0.1, 0.15) is 22.0 Å². The van der Waals surface area contributed by atoms with Crippen molar-refractivity contribution in [2.24, 2.45) is 0 Å². The van der Waals surface area contributed by atoms with Crippen LogP contribution in [-0.2, 0) is 6.54 Å². The van der Waals surface area contributed by atoms with E-state index >= 15 is 0 Å². The van der Waals surface area contributed by atoms with Gasteiger partial charge in [0.15, 0.2) is 4.96 Å². The highest BCUT2D eigenvalue weighted by Crippen LogP contribution is 2.21. The molecule has 0 unspecified atom stereocenters. The number of fused-ring (bicyclic) bond motifs is 1. The number of aromatic nitrogens is 3. The summed E-state index contributed by atoms with van der Waals surface area (Å²) in [5, 5.41) is 3.40. The molecule has 19 heavy (non-hydrogen) atoms. The molecule has 0 aliphatic carbocycles. The minimum atomic E-state index is 0.758. The second-order valence-corrected chi connectivity index (χ2v) is 5.89. The molecule has 3 rings (SSSR count). The molecule has 0 saturated heterocycles. The number of rotatable bonds is 3. The topological polar surface area (TPSA) is 42.2 Å². The Bertz CT molecular complexity index is 709. The van der Waals surface area contributed by atoms with Crippen LogP contribution in [0, 0.1) is 20.8 Å². The normalized spacial score (nSPS) is 11.1. The van der Waals surface area contributed by atoms with Gasteiger partial charge in [0.05, 0.1) is 29.8 Å². The maximum absolute atomic E-state index is 4.59. The molecule has 0 bridgehead atoms. The molecule has 0 amide bonds. The van der Waals surface area contributed by atoms with E-state index in [1.165, 1.54) is 10.6 Å². The number of thiazole rings is 1. The average Bonchev–Trinajstić information content (AvgIpc) is 2.85. The maximum atomic E-state index is 4.59. The zero-order chi connectivity index (χ0) is 13.4. The fourth-order valence-electron chi connectivity index (χ4n) is 2.08. The van der Waals surface area contributed by atoms with E-state index in [0.717, 1.165) is 28.6 Å². The predicted octanol–water partition coefficient (Wildman–Crippen LogP) is 3.33. The molecule has 3 heterocycles. The van der Waals surface area contributed by atoms with Gasteiger partial charge in [0.2, 0.25) is 0 Å². The Balaban J connectivity index is 1.84. The number of nitrogens with zero attached hydrogens (tertiary/aromatic N) is 3. The summed E-state index contributed by atoms with van der Waals surface area (Å²) in [6, 6.07) is 4.06. The summed E-state index contributed by atoms with van der Waals surface area (Å²) < 4.78 is 2.17. The van der Waals surface area contributed by atoms with Crippen molar-refractivity contribution in [1.29, 1.82) is 0 Å². The minimum absolute atomic E-state index is 0.758. The summed E-state index contributed by atoms with van der Waals surface area (Å²) >= 11 is 1.72. The van der Waals surface area contributed by atoms with Gasteiger partial charge in [-0.1, -0.05) is 0 Å². The summed E-state index contributed by atoms with van der Waals surface area (Å²) in [7, 11) is 0. The standard InChI is InChI=1S/C14H16N4S/c1-9-4-5-12(6-15-9)16-7-13-11(3)17-14-18(13)8-10(2)19-14/h4-6,8,16H,7H2,1-3H3. The molecular weight excluding hydrogens is 256 g/mol. The number of aryl methyl sites for hydroxylation is 3. The maximum Gasteiger partial charge on any atom is 0.194 e. The van der Waals surface area contributed by atoms with E-state index in [1.807, 2.05) is 19.2 Å². The van der Waals surface area contributed by atoms with Crippen molar-refractivity contribution in [3.8, 4) is 0 Å². The van der Waals surface area contributed by atoms with E-state index in [4.69, 9.17) is 0 Å². The predicted molar refractivity (Wildman–Crippen MR) is 78.8 cm³/mol. The zero-order valence-corrected chi connectivity index (χ0v) is 12.1. The summed E-state index contributed by atoms with van der Waals surface area (Å²) in [4.78, 5) is 11.2. The first-order valence-corrected chi connectivity index (χ1v) is 7.05. The Morgan fingerprint density at radius 2 is 2.11 bits per heavy atom. The quantitative estimate of drug-likeness (QED) is 0.795. The smallest absolute Gasteiger partial charge is 0.194 e. The van der Waals surface area contributed by atoms with Crippen LogP contribution in [0.3, 0.4) is 0 Å². The van der Waals surface area contributed by atoms with Crippen molar-refractivity contribution in [1.82, 2.24) is 14.4 Å². The SMILES string of the molecule is Cc1ccc(NCc2c(C)nc3sc(C)cn23)cn1. The molecule has 0 fully saturated rings. The highest BCUT2D eigenvalue weighted by molar-refractivity contribution is 7.17. The molecule has 0 aliphatic heterocycles. The second kappa shape index (κ2) is 4.66. The number of pyridine rings is 1. The van der Waals surface area contributed by atoms with E-state index in [0.29, 0.717) is 0 Å². The molecule has 0 spiro atoms. The van der Waals surface area contributed by atoms with E-state index in [-0.39, 0.29) is 0 Å². The molecule has 5 heteroatoms. The van der Waals surface area contributed by atoms with Crippen molar-refractivity contribution in [2.45, 2.75) is 27.3 Å². The lowest BCUT2D eigenvalue weighted by atomic mass is 10.3. The van der Waals surface area contributed by atoms with Gasteiger partial charge >= 0.3 is 0 Å². The molecule has 98 valence electrons. The molecule has 0 atom stereocenters. The Labute approximate surface area is 116 Å². The summed E-state index contributed by atoms with van der Waals surface area (Å²) in [5.41, 5.74) is 4.35. The monoisotopic (exact) mass is 272 g/mol. The van der Waals surface area contributed by atoms with Gasteiger partial charge in [0.1, 0.15) is 0 Å². The lowest BCUT2D eigenvalue weighted by Crippen LogP contribution is -2.03. The van der Waals surface area contributed by atoms with Gasteiger partial charge in [-0.05, 0) is 32.9 Å². The molecular formula is C14H16N4S. The van der Waals surface area contributed by atoms with Crippen LogP contribution in [-0.4, -0.2) is 14.4 Å². The largest absolute Gasteiger partial charge is 0.378 e. The molecule has 1 N–H and O–H groups in total. The highest BCUT2D eigenvalue weighted by atomic mass is 32.1. The van der Waals surface area contributed by atoms with E-state index in [1.54, 1.807) is 11.3 Å². The van der Waals surface area contributed by atoms with Crippen molar-refractivity contribution in [3.63, 3.8) is 0 Å². The summed E-state index contributed by atoms with van der Waals surface area (Å²) in [5.74, 6) is 0. The first kappa shape index (κ1) is 12.2. The molecule has 0 saturated carbocycles. The van der Waals surface area contributed by atoms with Gasteiger partial charge in [-0.25, -0.2) is 4.98 Å². The fourth-order valence-corrected chi connectivity index (χ4v) is 2.97. The molecule has 3 aromatic rings. The lowest BCUT2D eigenvalue weighted by molar-refractivity contribution is 0.988. The fraction of sp³-hybridized carbons (Fsp3) is 0.286. The summed E-state index contributed by atoms with van der Waals surface area (Å²) in [6.07, 6.45) is 4.01. The number of imidazole rings is 1. The Kier molecular flexibility index (Phi) is 2.98. The Hall–Kier alpha value is -1.88. The van der Waals surface area contributed by atoms with Crippen molar-refractivity contribution < 1.29 is 0 Å². The van der Waals surface area contributed by atoms with Gasteiger partial charge in [-0.15, -0.1) is 11.3 Å². The first-order chi connectivity index (χ1) is 9.13. The van der Waals surface area contributed by atoms with Gasteiger partial charge in [0, 0.05) is 16.8 Å². The van der Waals surface area contributed by atoms with Gasteiger partial charge in [0.25, 0.3) is 0 Å². The van der Waals surface area contributed by atoms with Gasteiger partial charge in [-0.3, -0.25) is 9.38 Å². The van der Waals surface area contributed by atoms with Crippen LogP contribution in [0.4, 0.5) is 5.69 Å². The third kappa shape index (κ3) is 2.33. The highest BCUT2D eigenvalue weighted by Gasteiger charge is 2.10. The number of hydrogen-bond donors (Lipinski definition) is 1. The molecule has 0 radical (unpaired) electrons. The second-order valence-electron chi connectivity index (χ2n) is 4.68. The molecule has 4 nitrogen and oxygen atoms in total. The van der Waals surface area contributed by atoms with Gasteiger partial charge in [-0.2, -0.15) is 0 Å². The van der Waals surface area contributed by atoms with E-state index in [9.17, 15) is 0 Å². The van der Waals surface area contributed by atoms with E-state index in [2.05, 4.69) is 45.8 Å². The number of hydrogen-bond acceptors (Lipinski definition) is 4. The Morgan fingerprint density at radius 1 is 1.26 bits per heavy atom. The number of anilines is 1. The number of nitrogens with one attached hydrogen (secondary N) is 1. The molecule has 3 aromatic heterocycles. The zero-order valence-electron chi connectivity index (χ0n) is 11.3. The first-order valence-electron chi connectivity index (χ1n) is 6.24. The van der Waals surface area contributed by atoms with Crippen molar-refractivity contribution >= 4 is 22.0 Å². The third-order valence-electron chi connectivity index (χ3n) is 3.11. The molecule has 0 aromatic carbocycles. The van der Waals surface area contributed by atoms with Crippen LogP contribution in [0.2, 0.25) is 0 Å². The Morgan fingerprint density at radius 3 is 2.84 bits per heavy atom. The average molecular weight is 272 g/mol. The van der Waals surface area contributed by atoms with Crippen LogP contribution < -0.4 is 5.32 Å². The van der Waals surface area contributed by atoms with E-state index < -0.39 is 0 Å². The van der Waals surface area contributed by atoms with Crippen LogP contribution in [0.15, 0.2) is 24.5 Å². The molecule has 0 aliphatic rings. The van der Waals surface area contributed by atoms with Gasteiger partial charge < -0.3 is 5.32 Å². The van der Waals surface area contributed by atoms with Crippen molar-refractivity contribution in [2.75, 3.05) is 5.32 Å². The van der Waals surface area contributed by atoms with Crippen molar-refractivity contribution in [3.05, 3.63) is 46.5 Å². The van der Waals surface area contributed by atoms with Crippen LogP contribution >= 0.6 is 11.3 Å². The lowest BCUT2D eigenvalue weighted by Gasteiger charge is -2.06. The summed E-state index contributed by atoms with van der Waals surface area (Å²) in [6.45, 7) is 6.91.